The molecule has 110 valence electrons. The van der Waals surface area contributed by atoms with E-state index >= 15 is 0 Å². The van der Waals surface area contributed by atoms with Crippen LogP contribution in [0.15, 0.2) is 24.3 Å². The highest BCUT2D eigenvalue weighted by Crippen LogP contribution is 2.22. The van der Waals surface area contributed by atoms with Crippen LogP contribution < -0.4 is 10.6 Å². The third-order valence-corrected chi connectivity index (χ3v) is 3.67. The zero-order valence-electron chi connectivity index (χ0n) is 12.2. The fourth-order valence-corrected chi connectivity index (χ4v) is 2.57. The van der Waals surface area contributed by atoms with E-state index in [1.807, 2.05) is 30.0 Å². The third-order valence-electron chi connectivity index (χ3n) is 3.67. The third kappa shape index (κ3) is 3.81. The number of nitrogens with two attached hydrogens (primary N) is 1. The Hall–Kier alpha value is -1.39. The monoisotopic (exact) mass is 276 g/mol. The van der Waals surface area contributed by atoms with Crippen LogP contribution in [0.4, 0.5) is 5.69 Å². The number of carbonyl (C=O) groups excluding carboxylic acids is 1. The topological polar surface area (TPSA) is 55.6 Å². The number of carbonyl (C=O) groups is 1. The first-order chi connectivity index (χ1) is 9.72. The van der Waals surface area contributed by atoms with Crippen LogP contribution >= 0.6 is 0 Å². The molecule has 0 saturated carbocycles. The van der Waals surface area contributed by atoms with E-state index in [1.54, 1.807) is 0 Å². The Morgan fingerprint density at radius 2 is 2.35 bits per heavy atom. The van der Waals surface area contributed by atoms with Crippen molar-refractivity contribution in [3.8, 4) is 0 Å². The summed E-state index contributed by atoms with van der Waals surface area (Å²) >= 11 is 0. The lowest BCUT2D eigenvalue weighted by Crippen LogP contribution is -2.40. The van der Waals surface area contributed by atoms with Crippen LogP contribution in [0.5, 0.6) is 0 Å². The van der Waals surface area contributed by atoms with Gasteiger partial charge in [0.05, 0.1) is 12.5 Å². The fourth-order valence-electron chi connectivity index (χ4n) is 2.57. The van der Waals surface area contributed by atoms with Crippen molar-refractivity contribution in [3.63, 3.8) is 0 Å². The van der Waals surface area contributed by atoms with Crippen LogP contribution in [-0.4, -0.2) is 32.2 Å². The van der Waals surface area contributed by atoms with E-state index in [0.29, 0.717) is 19.7 Å². The summed E-state index contributed by atoms with van der Waals surface area (Å²) in [6.45, 7) is 4.63. The van der Waals surface area contributed by atoms with Crippen molar-refractivity contribution < 1.29 is 9.53 Å². The summed E-state index contributed by atoms with van der Waals surface area (Å²) in [5, 5.41) is 0. The fraction of sp³-hybridized carbons (Fsp3) is 0.562. The summed E-state index contributed by atoms with van der Waals surface area (Å²) in [7, 11) is 0. The predicted octanol–water partition coefficient (Wildman–Crippen LogP) is 2.10. The van der Waals surface area contributed by atoms with E-state index in [-0.39, 0.29) is 11.8 Å². The summed E-state index contributed by atoms with van der Waals surface area (Å²) < 4.78 is 5.45. The minimum Gasteiger partial charge on any atom is -0.381 e. The standard InChI is InChI=1S/C16H24N2O2/c1-13-5-2-7-15(11-13)18(9-4-8-17)16(19)14-6-3-10-20-12-14/h2,5,7,11,14H,3-4,6,8-10,12,17H2,1H3. The molecule has 0 radical (unpaired) electrons. The number of nitrogens with zero attached hydrogens (tertiary/aromatic N) is 1. The minimum atomic E-state index is -0.0120. The van der Waals surface area contributed by atoms with Gasteiger partial charge in [0.2, 0.25) is 5.91 Å². The molecule has 0 aliphatic carbocycles. The van der Waals surface area contributed by atoms with Crippen molar-refractivity contribution >= 4 is 11.6 Å². The molecule has 1 amide bonds. The van der Waals surface area contributed by atoms with Gasteiger partial charge in [0.15, 0.2) is 0 Å². The molecule has 2 N–H and O–H groups in total. The number of rotatable bonds is 5. The van der Waals surface area contributed by atoms with Crippen LogP contribution in [0, 0.1) is 12.8 Å². The zero-order valence-corrected chi connectivity index (χ0v) is 12.2. The van der Waals surface area contributed by atoms with Crippen molar-refractivity contribution in [2.75, 3.05) is 31.2 Å². The number of amides is 1. The molecule has 1 aromatic carbocycles. The Balaban J connectivity index is 2.15. The summed E-state index contributed by atoms with van der Waals surface area (Å²) in [6, 6.07) is 8.08. The summed E-state index contributed by atoms with van der Waals surface area (Å²) in [5.41, 5.74) is 7.73. The lowest BCUT2D eigenvalue weighted by molar-refractivity contribution is -0.126. The van der Waals surface area contributed by atoms with Gasteiger partial charge in [-0.3, -0.25) is 4.79 Å². The summed E-state index contributed by atoms with van der Waals surface area (Å²) in [4.78, 5) is 14.6. The molecule has 1 aromatic rings. The van der Waals surface area contributed by atoms with Crippen LogP contribution in [0.1, 0.15) is 24.8 Å². The van der Waals surface area contributed by atoms with Crippen molar-refractivity contribution in [3.05, 3.63) is 29.8 Å². The molecule has 1 heterocycles. The van der Waals surface area contributed by atoms with Gasteiger partial charge in [0, 0.05) is 18.8 Å². The molecule has 0 bridgehead atoms. The van der Waals surface area contributed by atoms with E-state index < -0.39 is 0 Å². The maximum atomic E-state index is 12.7. The lowest BCUT2D eigenvalue weighted by Gasteiger charge is -2.29. The molecule has 1 atom stereocenters. The van der Waals surface area contributed by atoms with E-state index in [2.05, 4.69) is 6.07 Å². The second-order valence-electron chi connectivity index (χ2n) is 5.39. The first kappa shape index (κ1) is 15.0. The predicted molar refractivity (Wildman–Crippen MR) is 80.7 cm³/mol. The maximum Gasteiger partial charge on any atom is 0.232 e. The summed E-state index contributed by atoms with van der Waals surface area (Å²) in [6.07, 6.45) is 2.70. The van der Waals surface area contributed by atoms with E-state index in [9.17, 15) is 4.79 Å². The Kier molecular flexibility index (Phi) is 5.56. The van der Waals surface area contributed by atoms with Crippen molar-refractivity contribution in [2.45, 2.75) is 26.2 Å². The SMILES string of the molecule is Cc1cccc(N(CCCN)C(=O)C2CCCOC2)c1. The quantitative estimate of drug-likeness (QED) is 0.896. The highest BCUT2D eigenvalue weighted by Gasteiger charge is 2.27. The molecule has 4 heteroatoms. The van der Waals surface area contributed by atoms with Gasteiger partial charge in [0.1, 0.15) is 0 Å². The molecular weight excluding hydrogens is 252 g/mol. The number of ether oxygens (including phenoxy) is 1. The first-order valence-corrected chi connectivity index (χ1v) is 7.38. The molecule has 20 heavy (non-hydrogen) atoms. The maximum absolute atomic E-state index is 12.7. The van der Waals surface area contributed by atoms with Crippen molar-refractivity contribution in [1.29, 1.82) is 0 Å². The highest BCUT2D eigenvalue weighted by molar-refractivity contribution is 5.95. The van der Waals surface area contributed by atoms with Crippen LogP contribution in [0.25, 0.3) is 0 Å². The van der Waals surface area contributed by atoms with Gasteiger partial charge in [-0.25, -0.2) is 0 Å². The van der Waals surface area contributed by atoms with Crippen LogP contribution in [0.3, 0.4) is 0 Å². The van der Waals surface area contributed by atoms with Crippen LogP contribution in [-0.2, 0) is 9.53 Å². The average Bonchev–Trinajstić information content (AvgIpc) is 2.48. The molecule has 1 saturated heterocycles. The second-order valence-corrected chi connectivity index (χ2v) is 5.39. The van der Waals surface area contributed by atoms with Gasteiger partial charge in [-0.2, -0.15) is 0 Å². The van der Waals surface area contributed by atoms with Gasteiger partial charge >= 0.3 is 0 Å². The van der Waals surface area contributed by atoms with Gasteiger partial charge < -0.3 is 15.4 Å². The Bertz CT molecular complexity index is 442. The Labute approximate surface area is 120 Å². The average molecular weight is 276 g/mol. The van der Waals surface area contributed by atoms with Gasteiger partial charge in [0.25, 0.3) is 0 Å². The van der Waals surface area contributed by atoms with Gasteiger partial charge in [-0.05, 0) is 50.4 Å². The lowest BCUT2D eigenvalue weighted by atomic mass is 10.00. The smallest absolute Gasteiger partial charge is 0.232 e. The normalized spacial score (nSPS) is 18.8. The summed E-state index contributed by atoms with van der Waals surface area (Å²) in [5.74, 6) is 0.158. The Morgan fingerprint density at radius 3 is 3.00 bits per heavy atom. The number of benzene rings is 1. The van der Waals surface area contributed by atoms with Crippen molar-refractivity contribution in [2.24, 2.45) is 11.7 Å². The zero-order chi connectivity index (χ0) is 14.4. The number of hydrogen-bond donors (Lipinski definition) is 1. The molecule has 1 unspecified atom stereocenters. The van der Waals surface area contributed by atoms with E-state index in [1.165, 1.54) is 0 Å². The van der Waals surface area contributed by atoms with Crippen LogP contribution in [0.2, 0.25) is 0 Å². The molecule has 1 aliphatic rings. The van der Waals surface area contributed by atoms with Gasteiger partial charge in [-0.1, -0.05) is 12.1 Å². The van der Waals surface area contributed by atoms with E-state index in [4.69, 9.17) is 10.5 Å². The molecule has 1 fully saturated rings. The second kappa shape index (κ2) is 7.41. The number of aryl methyl sites for hydroxylation is 1. The molecule has 4 nitrogen and oxygen atoms in total. The number of hydrogen-bond acceptors (Lipinski definition) is 3. The van der Waals surface area contributed by atoms with Gasteiger partial charge in [-0.15, -0.1) is 0 Å². The molecule has 0 spiro atoms. The van der Waals surface area contributed by atoms with E-state index in [0.717, 1.165) is 37.1 Å². The largest absolute Gasteiger partial charge is 0.381 e. The Morgan fingerprint density at radius 1 is 1.50 bits per heavy atom. The molecular formula is C16H24N2O2. The van der Waals surface area contributed by atoms with Crippen molar-refractivity contribution in [1.82, 2.24) is 0 Å². The highest BCUT2D eigenvalue weighted by atomic mass is 16.5. The minimum absolute atomic E-state index is 0.0120. The number of anilines is 1. The molecule has 1 aliphatic heterocycles. The first-order valence-electron chi connectivity index (χ1n) is 7.38. The molecule has 0 aromatic heterocycles. The molecule has 2 rings (SSSR count).